The standard InChI is InChI=1S/C18H21BrN2O/c1-12-5-7-16(15(19)10-12)21-18(22)8-9-20-17-11-13(2)4-6-14(17)3/h4-7,10-11,20H,8-9H2,1-3H3,(H,21,22). The monoisotopic (exact) mass is 360 g/mol. The summed E-state index contributed by atoms with van der Waals surface area (Å²) in [5.74, 6) is 0.00218. The van der Waals surface area contributed by atoms with Gasteiger partial charge in [0.1, 0.15) is 0 Å². The maximum absolute atomic E-state index is 12.0. The van der Waals surface area contributed by atoms with Crippen LogP contribution in [0.5, 0.6) is 0 Å². The minimum absolute atomic E-state index is 0.00218. The van der Waals surface area contributed by atoms with E-state index >= 15 is 0 Å². The fourth-order valence-electron chi connectivity index (χ4n) is 2.17. The Hall–Kier alpha value is -1.81. The van der Waals surface area contributed by atoms with E-state index in [1.54, 1.807) is 0 Å². The van der Waals surface area contributed by atoms with Crippen molar-refractivity contribution in [3.8, 4) is 0 Å². The average molecular weight is 361 g/mol. The number of carbonyl (C=O) groups excluding carboxylic acids is 1. The number of halogens is 1. The zero-order valence-electron chi connectivity index (χ0n) is 13.2. The summed E-state index contributed by atoms with van der Waals surface area (Å²) in [5.41, 5.74) is 5.45. The molecule has 2 aromatic carbocycles. The van der Waals surface area contributed by atoms with E-state index in [9.17, 15) is 4.79 Å². The molecule has 116 valence electrons. The third-order valence-corrected chi connectivity index (χ3v) is 4.12. The van der Waals surface area contributed by atoms with Gasteiger partial charge in [0.15, 0.2) is 0 Å². The van der Waals surface area contributed by atoms with Crippen molar-refractivity contribution >= 4 is 33.2 Å². The quantitative estimate of drug-likeness (QED) is 0.802. The predicted molar refractivity (Wildman–Crippen MR) is 96.5 cm³/mol. The Balaban J connectivity index is 1.86. The normalized spacial score (nSPS) is 10.4. The lowest BCUT2D eigenvalue weighted by atomic mass is 10.1. The lowest BCUT2D eigenvalue weighted by Crippen LogP contribution is -2.16. The summed E-state index contributed by atoms with van der Waals surface area (Å²) in [6.07, 6.45) is 0.424. The average Bonchev–Trinajstić information content (AvgIpc) is 2.46. The van der Waals surface area contributed by atoms with Crippen LogP contribution in [-0.4, -0.2) is 12.5 Å². The molecule has 0 spiro atoms. The van der Waals surface area contributed by atoms with E-state index < -0.39 is 0 Å². The SMILES string of the molecule is Cc1ccc(NC(=O)CCNc2cc(C)ccc2C)c(Br)c1. The molecule has 0 aromatic heterocycles. The molecule has 0 aliphatic heterocycles. The second-order valence-corrected chi connectivity index (χ2v) is 6.38. The molecule has 2 aromatic rings. The van der Waals surface area contributed by atoms with E-state index in [2.05, 4.69) is 58.6 Å². The molecule has 1 amide bonds. The first kappa shape index (κ1) is 16.6. The lowest BCUT2D eigenvalue weighted by Gasteiger charge is -2.11. The lowest BCUT2D eigenvalue weighted by molar-refractivity contribution is -0.115. The van der Waals surface area contributed by atoms with Gasteiger partial charge in [0.25, 0.3) is 0 Å². The fraction of sp³-hybridized carbons (Fsp3) is 0.278. The maximum Gasteiger partial charge on any atom is 0.226 e. The van der Waals surface area contributed by atoms with Crippen LogP contribution in [0.25, 0.3) is 0 Å². The van der Waals surface area contributed by atoms with Gasteiger partial charge in [-0.2, -0.15) is 0 Å². The summed E-state index contributed by atoms with van der Waals surface area (Å²) in [5, 5.41) is 6.25. The van der Waals surface area contributed by atoms with Crippen molar-refractivity contribution in [3.05, 3.63) is 57.6 Å². The van der Waals surface area contributed by atoms with E-state index in [1.807, 2.05) is 25.1 Å². The Morgan fingerprint density at radius 2 is 1.68 bits per heavy atom. The van der Waals surface area contributed by atoms with Gasteiger partial charge in [-0.1, -0.05) is 18.2 Å². The third-order valence-electron chi connectivity index (χ3n) is 3.46. The van der Waals surface area contributed by atoms with Gasteiger partial charge in [-0.15, -0.1) is 0 Å². The van der Waals surface area contributed by atoms with Gasteiger partial charge < -0.3 is 10.6 Å². The summed E-state index contributed by atoms with van der Waals surface area (Å²) in [4.78, 5) is 12.0. The van der Waals surface area contributed by atoms with Crippen molar-refractivity contribution in [2.24, 2.45) is 0 Å². The molecule has 4 heteroatoms. The van der Waals surface area contributed by atoms with Crippen LogP contribution in [0, 0.1) is 20.8 Å². The van der Waals surface area contributed by atoms with Gasteiger partial charge >= 0.3 is 0 Å². The summed E-state index contributed by atoms with van der Waals surface area (Å²) >= 11 is 3.47. The highest BCUT2D eigenvalue weighted by Crippen LogP contribution is 2.23. The van der Waals surface area contributed by atoms with Crippen LogP contribution in [-0.2, 0) is 4.79 Å². The van der Waals surface area contributed by atoms with E-state index in [0.29, 0.717) is 13.0 Å². The molecule has 2 N–H and O–H groups in total. The van der Waals surface area contributed by atoms with Crippen molar-refractivity contribution in [2.75, 3.05) is 17.2 Å². The van der Waals surface area contributed by atoms with Crippen LogP contribution < -0.4 is 10.6 Å². The molecule has 0 radical (unpaired) electrons. The molecular formula is C18H21BrN2O. The van der Waals surface area contributed by atoms with Crippen LogP contribution in [0.3, 0.4) is 0 Å². The number of aryl methyl sites for hydroxylation is 3. The Morgan fingerprint density at radius 3 is 2.41 bits per heavy atom. The van der Waals surface area contributed by atoms with E-state index in [4.69, 9.17) is 0 Å². The Labute approximate surface area is 140 Å². The largest absolute Gasteiger partial charge is 0.384 e. The second-order valence-electron chi connectivity index (χ2n) is 5.53. The molecule has 0 heterocycles. The Morgan fingerprint density at radius 1 is 1.00 bits per heavy atom. The van der Waals surface area contributed by atoms with Crippen molar-refractivity contribution in [1.82, 2.24) is 0 Å². The molecule has 0 unspecified atom stereocenters. The molecule has 3 nitrogen and oxygen atoms in total. The van der Waals surface area contributed by atoms with Crippen LogP contribution in [0.2, 0.25) is 0 Å². The minimum atomic E-state index is 0.00218. The zero-order chi connectivity index (χ0) is 16.1. The van der Waals surface area contributed by atoms with Crippen LogP contribution in [0.4, 0.5) is 11.4 Å². The Kier molecular flexibility index (Phi) is 5.61. The minimum Gasteiger partial charge on any atom is -0.384 e. The molecule has 22 heavy (non-hydrogen) atoms. The highest BCUT2D eigenvalue weighted by Gasteiger charge is 2.06. The Bertz CT molecular complexity index is 683. The number of benzene rings is 2. The first-order valence-corrected chi connectivity index (χ1v) is 8.12. The van der Waals surface area contributed by atoms with E-state index in [-0.39, 0.29) is 5.91 Å². The molecule has 0 aliphatic carbocycles. The fourth-order valence-corrected chi connectivity index (χ4v) is 2.76. The predicted octanol–water partition coefficient (Wildman–Crippen LogP) is 4.82. The number of anilines is 2. The molecule has 0 fully saturated rings. The summed E-state index contributed by atoms with van der Waals surface area (Å²) in [6, 6.07) is 12.2. The van der Waals surface area contributed by atoms with Crippen LogP contribution >= 0.6 is 15.9 Å². The number of hydrogen-bond acceptors (Lipinski definition) is 2. The zero-order valence-corrected chi connectivity index (χ0v) is 14.8. The van der Waals surface area contributed by atoms with Crippen molar-refractivity contribution in [1.29, 1.82) is 0 Å². The van der Waals surface area contributed by atoms with Gasteiger partial charge in [-0.3, -0.25) is 4.79 Å². The van der Waals surface area contributed by atoms with E-state index in [0.717, 1.165) is 21.4 Å². The third kappa shape index (κ3) is 4.60. The van der Waals surface area contributed by atoms with Gasteiger partial charge in [0, 0.05) is 23.1 Å². The molecular weight excluding hydrogens is 340 g/mol. The molecule has 2 rings (SSSR count). The highest BCUT2D eigenvalue weighted by molar-refractivity contribution is 9.10. The van der Waals surface area contributed by atoms with Crippen LogP contribution in [0.1, 0.15) is 23.1 Å². The summed E-state index contributed by atoms with van der Waals surface area (Å²) in [7, 11) is 0. The summed E-state index contributed by atoms with van der Waals surface area (Å²) in [6.45, 7) is 6.75. The van der Waals surface area contributed by atoms with Crippen molar-refractivity contribution < 1.29 is 4.79 Å². The van der Waals surface area contributed by atoms with Gasteiger partial charge in [-0.25, -0.2) is 0 Å². The highest BCUT2D eigenvalue weighted by atomic mass is 79.9. The topological polar surface area (TPSA) is 41.1 Å². The first-order chi connectivity index (χ1) is 10.5. The number of hydrogen-bond donors (Lipinski definition) is 2. The molecule has 0 bridgehead atoms. The van der Waals surface area contributed by atoms with Crippen LogP contribution in [0.15, 0.2) is 40.9 Å². The molecule has 0 atom stereocenters. The number of rotatable bonds is 5. The maximum atomic E-state index is 12.0. The molecule has 0 saturated carbocycles. The number of amides is 1. The number of nitrogens with one attached hydrogen (secondary N) is 2. The molecule has 0 saturated heterocycles. The van der Waals surface area contributed by atoms with Crippen molar-refractivity contribution in [2.45, 2.75) is 27.2 Å². The second kappa shape index (κ2) is 7.45. The van der Waals surface area contributed by atoms with Crippen molar-refractivity contribution in [3.63, 3.8) is 0 Å². The van der Waals surface area contributed by atoms with Gasteiger partial charge in [0.05, 0.1) is 5.69 Å². The van der Waals surface area contributed by atoms with Gasteiger partial charge in [-0.05, 0) is 71.6 Å². The first-order valence-electron chi connectivity index (χ1n) is 7.33. The summed E-state index contributed by atoms with van der Waals surface area (Å²) < 4.78 is 0.906. The molecule has 0 aliphatic rings. The smallest absolute Gasteiger partial charge is 0.226 e. The van der Waals surface area contributed by atoms with Gasteiger partial charge in [0.2, 0.25) is 5.91 Å². The number of carbonyl (C=O) groups is 1. The van der Waals surface area contributed by atoms with E-state index in [1.165, 1.54) is 11.1 Å².